The molecule has 272 valence electrons. The summed E-state index contributed by atoms with van der Waals surface area (Å²) in [5.41, 5.74) is 2.70. The van der Waals surface area contributed by atoms with Crippen molar-refractivity contribution in [2.45, 2.75) is 103 Å². The minimum absolute atomic E-state index is 0. The van der Waals surface area contributed by atoms with E-state index in [1.807, 2.05) is 0 Å². The average Bonchev–Trinajstić information content (AvgIpc) is 3.58. The molecule has 4 aromatic carbocycles. The Hall–Kier alpha value is 1.51. The SMILES string of the molecule is Cc1cc2ccccc2[cH-]1.Cc1cc2ccccc2[cH-]1.Cl.Cl.[CH2-]CCCCCCC[Si](Cl)(Cl)Cl.[CH2-]CCCCCCC[Si](Cl)(Cl)Cl.[Si]=[Zr]. The summed E-state index contributed by atoms with van der Waals surface area (Å²) in [5, 5.41) is 5.39. The van der Waals surface area contributed by atoms with Crippen molar-refractivity contribution in [1.29, 1.82) is 0 Å². The van der Waals surface area contributed by atoms with Gasteiger partial charge in [-0.3, -0.25) is 0 Å². The van der Waals surface area contributed by atoms with Crippen molar-refractivity contribution in [2.75, 3.05) is 0 Å². The van der Waals surface area contributed by atoms with Crippen LogP contribution in [0.5, 0.6) is 0 Å². The van der Waals surface area contributed by atoms with E-state index >= 15 is 0 Å². The first-order valence-electron chi connectivity index (χ1n) is 16.1. The number of halogens is 8. The molecule has 0 N–H and O–H groups in total. The standard InChI is InChI=1S/2C10H9.2C8H16Cl3Si.2ClH.Si.Zr/c2*1-8-6-9-4-2-3-5-10(9)7-8;2*1-2-3-4-5-6-7-8-12(9,10)11;;;;/h2*2-7H,1H3;2*1-8H2;2*1H;;/q4*-1;;;;. The molecule has 4 aromatic rings. The first kappa shape index (κ1) is 53.9. The summed E-state index contributed by atoms with van der Waals surface area (Å²) in [4.78, 5) is 0. The first-order valence-corrected chi connectivity index (χ1v) is 30.7. The molecule has 0 unspecified atom stereocenters. The second kappa shape index (κ2) is 33.1. The van der Waals surface area contributed by atoms with Crippen molar-refractivity contribution < 1.29 is 23.3 Å². The molecule has 48 heavy (non-hydrogen) atoms. The van der Waals surface area contributed by atoms with Gasteiger partial charge in [-0.15, -0.1) is 172 Å². The van der Waals surface area contributed by atoms with Gasteiger partial charge >= 0.3 is 42.2 Å². The summed E-state index contributed by atoms with van der Waals surface area (Å²) in [7, 11) is 0. The van der Waals surface area contributed by atoms with Gasteiger partial charge in [0.1, 0.15) is 0 Å². The fourth-order valence-corrected chi connectivity index (χ4v) is 8.38. The first-order chi connectivity index (χ1) is 21.8. The van der Waals surface area contributed by atoms with Crippen molar-refractivity contribution in [1.82, 2.24) is 0 Å². The zero-order valence-electron chi connectivity index (χ0n) is 28.3. The molecule has 0 aliphatic heterocycles. The van der Waals surface area contributed by atoms with Gasteiger partial charge in [-0.25, -0.2) is 0 Å². The van der Waals surface area contributed by atoms with Gasteiger partial charge < -0.3 is 13.8 Å². The van der Waals surface area contributed by atoms with Crippen LogP contribution >= 0.6 is 91.3 Å². The van der Waals surface area contributed by atoms with Crippen molar-refractivity contribution >= 4 is 132 Å². The molecule has 0 aromatic heterocycles. The van der Waals surface area contributed by atoms with Crippen LogP contribution < -0.4 is 0 Å². The molecule has 0 heterocycles. The van der Waals surface area contributed by atoms with Crippen LogP contribution in [-0.2, 0) is 23.3 Å². The van der Waals surface area contributed by atoms with Crippen LogP contribution in [-0.4, -0.2) is 18.9 Å². The minimum atomic E-state index is -2.32. The predicted octanol–water partition coefficient (Wildman–Crippen LogP) is 15.8. The van der Waals surface area contributed by atoms with Crippen LogP contribution in [0.1, 0.15) is 88.2 Å². The zero-order valence-corrected chi connectivity index (χ0v) is 40.0. The van der Waals surface area contributed by atoms with Gasteiger partial charge in [0.05, 0.1) is 0 Å². The average molecular weight is 944 g/mol. The Kier molecular flexibility index (Phi) is 37.2. The molecule has 0 aliphatic carbocycles. The van der Waals surface area contributed by atoms with E-state index in [2.05, 4.69) is 107 Å². The van der Waals surface area contributed by atoms with Crippen molar-refractivity contribution in [3.05, 3.63) is 97.8 Å². The monoisotopic (exact) mass is 938 g/mol. The molecule has 0 nitrogen and oxygen atoms in total. The van der Waals surface area contributed by atoms with Gasteiger partial charge in [0, 0.05) is 0 Å². The third kappa shape index (κ3) is 31.1. The summed E-state index contributed by atoms with van der Waals surface area (Å²) >= 11 is 35.8. The molecule has 4 rings (SSSR count). The zero-order chi connectivity index (χ0) is 34.8. The predicted molar refractivity (Wildman–Crippen MR) is 231 cm³/mol. The Morgan fingerprint density at radius 1 is 0.542 bits per heavy atom. The van der Waals surface area contributed by atoms with Gasteiger partial charge in [-0.1, -0.05) is 90.2 Å². The van der Waals surface area contributed by atoms with Crippen LogP contribution in [0.15, 0.2) is 72.8 Å². The summed E-state index contributed by atoms with van der Waals surface area (Å²) in [5.74, 6) is 0. The van der Waals surface area contributed by atoms with Gasteiger partial charge in [0.15, 0.2) is 0 Å². The summed E-state index contributed by atoms with van der Waals surface area (Å²) < 4.78 is 0. The quantitative estimate of drug-likeness (QED) is 0.0511. The second-order valence-corrected chi connectivity index (χ2v) is 29.9. The van der Waals surface area contributed by atoms with E-state index < -0.39 is 12.0 Å². The number of fused-ring (bicyclic) bond motifs is 2. The molecular weight excluding hydrogens is 892 g/mol. The molecular formula is C36H52Cl8Si3Zr-4. The second-order valence-electron chi connectivity index (χ2n) is 11.3. The van der Waals surface area contributed by atoms with Crippen LogP contribution in [0.2, 0.25) is 12.1 Å². The number of hydrogen-bond acceptors (Lipinski definition) is 0. The molecule has 0 saturated heterocycles. The molecule has 0 aliphatic rings. The number of hydrogen-bond donors (Lipinski definition) is 0. The Balaban J connectivity index is -0.000000545. The molecule has 0 spiro atoms. The fraction of sp³-hybridized carbons (Fsp3) is 0.444. The Morgan fingerprint density at radius 3 is 1.12 bits per heavy atom. The van der Waals surface area contributed by atoms with Gasteiger partial charge in [-0.05, 0) is 12.1 Å². The van der Waals surface area contributed by atoms with Crippen molar-refractivity contribution in [2.24, 2.45) is 0 Å². The van der Waals surface area contributed by atoms with E-state index in [0.29, 0.717) is 0 Å². The van der Waals surface area contributed by atoms with Crippen LogP contribution in [0.4, 0.5) is 0 Å². The maximum atomic E-state index is 5.73. The third-order valence-corrected chi connectivity index (χ3v) is 12.2. The number of benzene rings is 2. The van der Waals surface area contributed by atoms with Crippen LogP contribution in [0.3, 0.4) is 0 Å². The van der Waals surface area contributed by atoms with E-state index in [0.717, 1.165) is 37.8 Å². The van der Waals surface area contributed by atoms with E-state index in [4.69, 9.17) is 66.5 Å². The normalized spacial score (nSPS) is 10.4. The molecule has 0 atom stereocenters. The molecule has 0 amide bonds. The maximum absolute atomic E-state index is 5.73. The van der Waals surface area contributed by atoms with Crippen LogP contribution in [0, 0.1) is 27.7 Å². The summed E-state index contributed by atoms with van der Waals surface area (Å²) in [6.45, 7) is 14.9. The van der Waals surface area contributed by atoms with E-state index in [9.17, 15) is 0 Å². The molecule has 12 heteroatoms. The van der Waals surface area contributed by atoms with Gasteiger partial charge in [-0.2, -0.15) is 25.0 Å². The van der Waals surface area contributed by atoms with E-state index in [-0.39, 0.29) is 24.8 Å². The number of aryl methyl sites for hydroxylation is 2. The molecule has 0 fully saturated rings. The van der Waals surface area contributed by atoms with E-state index in [1.165, 1.54) is 107 Å². The van der Waals surface area contributed by atoms with Crippen LogP contribution in [0.25, 0.3) is 21.5 Å². The van der Waals surface area contributed by atoms with Gasteiger partial charge in [0.25, 0.3) is 0 Å². The van der Waals surface area contributed by atoms with Crippen molar-refractivity contribution in [3.8, 4) is 0 Å². The van der Waals surface area contributed by atoms with Gasteiger partial charge in [0.2, 0.25) is 0 Å². The van der Waals surface area contributed by atoms with E-state index in [1.54, 1.807) is 0 Å². The summed E-state index contributed by atoms with van der Waals surface area (Å²) in [6, 6.07) is 22.6. The number of rotatable bonds is 14. The third-order valence-electron chi connectivity index (χ3n) is 6.95. The molecule has 0 bridgehead atoms. The fourth-order valence-electron chi connectivity index (χ4n) is 4.68. The van der Waals surface area contributed by atoms with Crippen molar-refractivity contribution in [3.63, 3.8) is 0 Å². The molecule has 2 radical (unpaired) electrons. The topological polar surface area (TPSA) is 0 Å². The summed E-state index contributed by atoms with van der Waals surface area (Å²) in [6.07, 6.45) is 14.1. The molecule has 0 saturated carbocycles. The Morgan fingerprint density at radius 2 is 0.833 bits per heavy atom. The number of unbranched alkanes of at least 4 members (excludes halogenated alkanes) is 10. The Labute approximate surface area is 352 Å². The Bertz CT molecular complexity index is 1120.